The molecule has 1 saturated heterocycles. The lowest BCUT2D eigenvalue weighted by molar-refractivity contribution is -0.137. The summed E-state index contributed by atoms with van der Waals surface area (Å²) in [5, 5.41) is 0. The predicted octanol–water partition coefficient (Wildman–Crippen LogP) is 4.52. The van der Waals surface area contributed by atoms with Crippen LogP contribution in [0, 0.1) is 19.8 Å². The monoisotopic (exact) mass is 509 g/mol. The molecule has 3 aromatic rings. The molecule has 2 amide bonds. The molecule has 7 nitrogen and oxygen atoms in total. The molecule has 4 heterocycles. The van der Waals surface area contributed by atoms with E-state index in [9.17, 15) is 22.8 Å². The third kappa shape index (κ3) is 4.52. The number of aryl methyl sites for hydroxylation is 2. The van der Waals surface area contributed by atoms with E-state index in [1.165, 1.54) is 11.8 Å². The summed E-state index contributed by atoms with van der Waals surface area (Å²) in [6, 6.07) is 10.3. The molecule has 0 radical (unpaired) electrons. The standard InChI is InChI=1S/C27H26F3N5O2/c1-16-6-4-8-21-24(16)34(14-18-7-5-9-31-13-18)15-19-11-23(36)35(25(19)26(37)33(21)3)22-12-20(27(28,29)30)10-17(2)32-22/h4-10,12-13,19,25H,11,14-15H2,1-3H3/t19-,25+/m1/s1. The van der Waals surface area contributed by atoms with E-state index < -0.39 is 29.6 Å². The molecule has 2 atom stereocenters. The highest BCUT2D eigenvalue weighted by Gasteiger charge is 2.49. The van der Waals surface area contributed by atoms with E-state index in [2.05, 4.69) is 14.9 Å². The maximum Gasteiger partial charge on any atom is 0.416 e. The first-order valence-corrected chi connectivity index (χ1v) is 11.9. The SMILES string of the molecule is Cc1cc(C(F)(F)F)cc(N2C(=O)C[C@@H]3CN(Cc4cccnc4)c4c(C)cccc4N(C)C(=O)[C@H]32)n1. The van der Waals surface area contributed by atoms with Crippen LogP contribution in [0.3, 0.4) is 0 Å². The van der Waals surface area contributed by atoms with Gasteiger partial charge in [-0.05, 0) is 49.2 Å². The normalized spacial score (nSPS) is 20.0. The van der Waals surface area contributed by atoms with Crippen molar-refractivity contribution in [2.75, 3.05) is 28.3 Å². The van der Waals surface area contributed by atoms with Gasteiger partial charge in [0.15, 0.2) is 0 Å². The van der Waals surface area contributed by atoms with Gasteiger partial charge < -0.3 is 9.80 Å². The lowest BCUT2D eigenvalue weighted by atomic mass is 9.94. The van der Waals surface area contributed by atoms with Gasteiger partial charge in [0, 0.05) is 50.6 Å². The molecule has 10 heteroatoms. The van der Waals surface area contributed by atoms with Crippen LogP contribution >= 0.6 is 0 Å². The summed E-state index contributed by atoms with van der Waals surface area (Å²) >= 11 is 0. The number of likely N-dealkylation sites (N-methyl/N-ethyl adjacent to an activating group) is 1. The molecule has 0 aliphatic carbocycles. The number of para-hydroxylation sites is 1. The minimum absolute atomic E-state index is 0.0198. The van der Waals surface area contributed by atoms with Gasteiger partial charge in [0.2, 0.25) is 11.8 Å². The van der Waals surface area contributed by atoms with Crippen molar-refractivity contribution in [2.24, 2.45) is 5.92 Å². The number of carbonyl (C=O) groups excluding carboxylic acids is 2. The quantitative estimate of drug-likeness (QED) is 0.520. The van der Waals surface area contributed by atoms with Crippen LogP contribution in [0.15, 0.2) is 54.9 Å². The van der Waals surface area contributed by atoms with Crippen LogP contribution in [0.1, 0.15) is 28.8 Å². The van der Waals surface area contributed by atoms with Crippen LogP contribution in [0.5, 0.6) is 0 Å². The Labute approximate surface area is 212 Å². The summed E-state index contributed by atoms with van der Waals surface area (Å²) in [6.07, 6.45) is -1.13. The Balaban J connectivity index is 1.61. The summed E-state index contributed by atoms with van der Waals surface area (Å²) in [4.78, 5) is 40.4. The first kappa shape index (κ1) is 24.7. The van der Waals surface area contributed by atoms with Gasteiger partial charge in [-0.25, -0.2) is 4.98 Å². The highest BCUT2D eigenvalue weighted by molar-refractivity contribution is 6.10. The fourth-order valence-electron chi connectivity index (χ4n) is 5.36. The van der Waals surface area contributed by atoms with E-state index in [0.29, 0.717) is 18.8 Å². The van der Waals surface area contributed by atoms with Crippen molar-refractivity contribution >= 4 is 29.0 Å². The van der Waals surface area contributed by atoms with Gasteiger partial charge in [0.25, 0.3) is 0 Å². The van der Waals surface area contributed by atoms with E-state index in [0.717, 1.165) is 33.8 Å². The molecule has 0 unspecified atom stereocenters. The number of carbonyl (C=O) groups is 2. The van der Waals surface area contributed by atoms with Gasteiger partial charge in [-0.3, -0.25) is 19.5 Å². The zero-order valence-corrected chi connectivity index (χ0v) is 20.7. The van der Waals surface area contributed by atoms with Crippen molar-refractivity contribution in [3.8, 4) is 0 Å². The minimum atomic E-state index is -4.61. The maximum atomic E-state index is 13.9. The number of alkyl halides is 3. The van der Waals surface area contributed by atoms with Crippen molar-refractivity contribution in [3.63, 3.8) is 0 Å². The lowest BCUT2D eigenvalue weighted by Gasteiger charge is -2.39. The number of nitrogens with zero attached hydrogens (tertiary/aromatic N) is 5. The van der Waals surface area contributed by atoms with E-state index in [-0.39, 0.29) is 23.8 Å². The van der Waals surface area contributed by atoms with Crippen molar-refractivity contribution in [1.82, 2.24) is 9.97 Å². The largest absolute Gasteiger partial charge is 0.416 e. The molecule has 2 aromatic heterocycles. The molecule has 5 rings (SSSR count). The molecule has 0 N–H and O–H groups in total. The Morgan fingerprint density at radius 2 is 1.86 bits per heavy atom. The van der Waals surface area contributed by atoms with Crippen molar-refractivity contribution in [3.05, 3.63) is 77.2 Å². The van der Waals surface area contributed by atoms with Gasteiger partial charge in [-0.2, -0.15) is 13.2 Å². The van der Waals surface area contributed by atoms with Gasteiger partial charge in [-0.1, -0.05) is 18.2 Å². The molecule has 1 fully saturated rings. The molecule has 0 saturated carbocycles. The Kier molecular flexibility index (Phi) is 6.13. The highest BCUT2D eigenvalue weighted by atomic mass is 19.4. The van der Waals surface area contributed by atoms with Gasteiger partial charge in [-0.15, -0.1) is 0 Å². The second-order valence-electron chi connectivity index (χ2n) is 9.61. The number of rotatable bonds is 3. The third-order valence-electron chi connectivity index (χ3n) is 6.97. The average Bonchev–Trinajstić information content (AvgIpc) is 3.17. The Morgan fingerprint density at radius 3 is 2.57 bits per heavy atom. The van der Waals surface area contributed by atoms with Crippen molar-refractivity contribution in [1.29, 1.82) is 0 Å². The molecule has 192 valence electrons. The Hall–Kier alpha value is -3.95. The number of hydrogen-bond acceptors (Lipinski definition) is 5. The number of halogens is 3. The van der Waals surface area contributed by atoms with E-state index in [1.807, 2.05) is 37.3 Å². The number of aromatic nitrogens is 2. The number of anilines is 3. The summed E-state index contributed by atoms with van der Waals surface area (Å²) in [5.74, 6) is -1.40. The smallest absolute Gasteiger partial charge is 0.365 e. The van der Waals surface area contributed by atoms with Gasteiger partial charge in [0.1, 0.15) is 11.9 Å². The second kappa shape index (κ2) is 9.17. The van der Waals surface area contributed by atoms with Crippen molar-refractivity contribution in [2.45, 2.75) is 39.0 Å². The van der Waals surface area contributed by atoms with E-state index >= 15 is 0 Å². The second-order valence-corrected chi connectivity index (χ2v) is 9.61. The van der Waals surface area contributed by atoms with E-state index in [1.54, 1.807) is 19.4 Å². The molecule has 2 aliphatic heterocycles. The highest BCUT2D eigenvalue weighted by Crippen LogP contribution is 2.42. The zero-order valence-electron chi connectivity index (χ0n) is 20.7. The van der Waals surface area contributed by atoms with Crippen LogP contribution in [0.4, 0.5) is 30.4 Å². The van der Waals surface area contributed by atoms with E-state index in [4.69, 9.17) is 0 Å². The number of amides is 2. The fourth-order valence-corrected chi connectivity index (χ4v) is 5.36. The Bertz CT molecular complexity index is 1360. The summed E-state index contributed by atoms with van der Waals surface area (Å²) < 4.78 is 40.7. The molecule has 1 aromatic carbocycles. The van der Waals surface area contributed by atoms with Crippen LogP contribution in [-0.2, 0) is 22.3 Å². The topological polar surface area (TPSA) is 69.6 Å². The average molecular weight is 510 g/mol. The molecule has 2 aliphatic rings. The fraction of sp³-hybridized carbons (Fsp3) is 0.333. The first-order chi connectivity index (χ1) is 17.5. The van der Waals surface area contributed by atoms with Crippen LogP contribution in [0.2, 0.25) is 0 Å². The molecule has 37 heavy (non-hydrogen) atoms. The van der Waals surface area contributed by atoms with Gasteiger partial charge in [0.05, 0.1) is 16.9 Å². The van der Waals surface area contributed by atoms with Crippen molar-refractivity contribution < 1.29 is 22.8 Å². The maximum absolute atomic E-state index is 13.9. The lowest BCUT2D eigenvalue weighted by Crippen LogP contribution is -2.52. The van der Waals surface area contributed by atoms with Crippen LogP contribution in [-0.4, -0.2) is 41.4 Å². The van der Waals surface area contributed by atoms with Gasteiger partial charge >= 0.3 is 6.18 Å². The molecular weight excluding hydrogens is 483 g/mol. The molecular formula is C27H26F3N5O2. The summed E-state index contributed by atoms with van der Waals surface area (Å²) in [6.45, 7) is 4.26. The summed E-state index contributed by atoms with van der Waals surface area (Å²) in [5.41, 5.74) is 2.68. The minimum Gasteiger partial charge on any atom is -0.365 e. The number of fused-ring (bicyclic) bond motifs is 2. The number of pyridine rings is 2. The van der Waals surface area contributed by atoms with Crippen LogP contribution < -0.4 is 14.7 Å². The number of hydrogen-bond donors (Lipinski definition) is 0. The summed E-state index contributed by atoms with van der Waals surface area (Å²) in [7, 11) is 1.64. The molecule has 0 spiro atoms. The molecule has 0 bridgehead atoms. The predicted molar refractivity (Wildman–Crippen MR) is 133 cm³/mol. The number of benzene rings is 1. The first-order valence-electron chi connectivity index (χ1n) is 11.9. The zero-order chi connectivity index (χ0) is 26.5. The third-order valence-corrected chi connectivity index (χ3v) is 6.97. The Morgan fingerprint density at radius 1 is 1.08 bits per heavy atom. The van der Waals surface area contributed by atoms with Crippen LogP contribution in [0.25, 0.3) is 0 Å².